The molecule has 0 aliphatic rings. The summed E-state index contributed by atoms with van der Waals surface area (Å²) in [7, 11) is 2.32. The van der Waals surface area contributed by atoms with Gasteiger partial charge < -0.3 is 13.9 Å². The number of rotatable bonds is 4. The Kier molecular flexibility index (Phi) is 4.93. The predicted molar refractivity (Wildman–Crippen MR) is 108 cm³/mol. The van der Waals surface area contributed by atoms with Crippen LogP contribution in [0.3, 0.4) is 0 Å². The molecule has 2 heterocycles. The van der Waals surface area contributed by atoms with Crippen LogP contribution in [0, 0.1) is 0 Å². The van der Waals surface area contributed by atoms with E-state index in [0.717, 1.165) is 11.5 Å². The van der Waals surface area contributed by atoms with E-state index in [1.54, 1.807) is 36.4 Å². The number of hydrogen-bond acceptors (Lipinski definition) is 4. The first-order chi connectivity index (χ1) is 14.8. The van der Waals surface area contributed by atoms with Crippen molar-refractivity contribution in [3.8, 4) is 5.75 Å². The lowest BCUT2D eigenvalue weighted by atomic mass is 9.98. The fraction of sp³-hybridized carbons (Fsp3) is 0.130. The Labute approximate surface area is 174 Å². The van der Waals surface area contributed by atoms with Gasteiger partial charge in [-0.15, -0.1) is 0 Å². The van der Waals surface area contributed by atoms with Gasteiger partial charge in [-0.3, -0.25) is 4.79 Å². The summed E-state index contributed by atoms with van der Waals surface area (Å²) in [5.41, 5.74) is -2.30. The van der Waals surface area contributed by atoms with Crippen molar-refractivity contribution in [1.82, 2.24) is 4.40 Å². The number of ketones is 1. The normalized spacial score (nSPS) is 11.6. The van der Waals surface area contributed by atoms with Crippen molar-refractivity contribution in [3.63, 3.8) is 0 Å². The number of halogens is 3. The fourth-order valence-electron chi connectivity index (χ4n) is 3.77. The molecule has 0 amide bonds. The first-order valence-corrected chi connectivity index (χ1v) is 9.19. The third kappa shape index (κ3) is 3.20. The Morgan fingerprint density at radius 3 is 2.19 bits per heavy atom. The summed E-state index contributed by atoms with van der Waals surface area (Å²) in [5.74, 6) is -1.85. The van der Waals surface area contributed by atoms with Crippen LogP contribution >= 0.6 is 0 Å². The van der Waals surface area contributed by atoms with E-state index in [4.69, 9.17) is 4.74 Å². The minimum Gasteiger partial charge on any atom is -0.496 e. The number of aromatic nitrogens is 1. The van der Waals surface area contributed by atoms with Crippen LogP contribution in [-0.2, 0) is 10.9 Å². The number of pyridine rings is 1. The molecule has 0 N–H and O–H groups in total. The second-order valence-corrected chi connectivity index (χ2v) is 6.73. The van der Waals surface area contributed by atoms with Gasteiger partial charge in [0.25, 0.3) is 0 Å². The zero-order chi connectivity index (χ0) is 22.3. The van der Waals surface area contributed by atoms with Crippen molar-refractivity contribution in [2.75, 3.05) is 14.2 Å². The summed E-state index contributed by atoms with van der Waals surface area (Å²) in [6.45, 7) is 0. The Balaban J connectivity index is 2.20. The summed E-state index contributed by atoms with van der Waals surface area (Å²) in [6, 6.07) is 15.6. The van der Waals surface area contributed by atoms with Crippen LogP contribution in [0.25, 0.3) is 16.4 Å². The van der Waals surface area contributed by atoms with Gasteiger partial charge in [0.05, 0.1) is 36.4 Å². The van der Waals surface area contributed by atoms with E-state index in [1.165, 1.54) is 31.4 Å². The molecule has 4 aromatic rings. The van der Waals surface area contributed by atoms with Gasteiger partial charge in [-0.25, -0.2) is 4.79 Å². The van der Waals surface area contributed by atoms with Crippen LogP contribution in [0.4, 0.5) is 13.2 Å². The van der Waals surface area contributed by atoms with E-state index < -0.39 is 34.7 Å². The molecule has 0 aliphatic carbocycles. The number of methoxy groups -OCH3 is 2. The summed E-state index contributed by atoms with van der Waals surface area (Å²) >= 11 is 0. The molecule has 0 aliphatic heterocycles. The van der Waals surface area contributed by atoms with Gasteiger partial charge in [-0.2, -0.15) is 13.2 Å². The summed E-state index contributed by atoms with van der Waals surface area (Å²) in [4.78, 5) is 26.1. The molecular formula is C23H16F3NO4. The molecule has 0 saturated carbocycles. The van der Waals surface area contributed by atoms with E-state index in [-0.39, 0.29) is 22.3 Å². The molecule has 5 nitrogen and oxygen atoms in total. The minimum absolute atomic E-state index is 0.0320. The van der Waals surface area contributed by atoms with Gasteiger partial charge in [0.2, 0.25) is 0 Å². The molecule has 0 saturated heterocycles. The molecule has 0 atom stereocenters. The van der Waals surface area contributed by atoms with Crippen LogP contribution in [0.15, 0.2) is 60.7 Å². The Hall–Kier alpha value is -3.81. The number of carbonyl (C=O) groups is 2. The number of ether oxygens (including phenoxy) is 2. The van der Waals surface area contributed by atoms with Crippen LogP contribution < -0.4 is 4.74 Å². The Morgan fingerprint density at radius 2 is 1.52 bits per heavy atom. The molecule has 2 aromatic heterocycles. The molecule has 158 valence electrons. The highest BCUT2D eigenvalue weighted by Gasteiger charge is 2.44. The number of para-hydroxylation sites is 2. The van der Waals surface area contributed by atoms with Crippen molar-refractivity contribution < 1.29 is 32.2 Å². The smallest absolute Gasteiger partial charge is 0.432 e. The third-order valence-corrected chi connectivity index (χ3v) is 5.04. The van der Waals surface area contributed by atoms with Crippen molar-refractivity contribution in [2.24, 2.45) is 0 Å². The van der Waals surface area contributed by atoms with Gasteiger partial charge in [0, 0.05) is 0 Å². The number of esters is 1. The maximum absolute atomic E-state index is 14.3. The number of nitrogens with zero attached hydrogens (tertiary/aromatic N) is 1. The van der Waals surface area contributed by atoms with Crippen molar-refractivity contribution >= 4 is 28.2 Å². The molecular weight excluding hydrogens is 411 g/mol. The van der Waals surface area contributed by atoms with Crippen LogP contribution in [0.2, 0.25) is 0 Å². The third-order valence-electron chi connectivity index (χ3n) is 5.04. The average molecular weight is 427 g/mol. The van der Waals surface area contributed by atoms with Crippen molar-refractivity contribution in [2.45, 2.75) is 6.18 Å². The SMILES string of the molecule is COC(=O)c1c(C(=O)c2ccccc2OC)c2ccc3ccccc3n2c1C(F)(F)F. The highest BCUT2D eigenvalue weighted by molar-refractivity contribution is 6.21. The Morgan fingerprint density at radius 1 is 0.839 bits per heavy atom. The molecule has 0 fully saturated rings. The average Bonchev–Trinajstić information content (AvgIpc) is 3.14. The molecule has 0 radical (unpaired) electrons. The van der Waals surface area contributed by atoms with Gasteiger partial charge in [-0.05, 0) is 29.7 Å². The lowest BCUT2D eigenvalue weighted by Gasteiger charge is -2.11. The summed E-state index contributed by atoms with van der Waals surface area (Å²) in [6.07, 6.45) is -4.93. The second-order valence-electron chi connectivity index (χ2n) is 6.73. The maximum atomic E-state index is 14.3. The molecule has 0 unspecified atom stereocenters. The highest BCUT2D eigenvalue weighted by Crippen LogP contribution is 2.40. The van der Waals surface area contributed by atoms with Gasteiger partial charge in [0.1, 0.15) is 17.0 Å². The van der Waals surface area contributed by atoms with Gasteiger partial charge in [0.15, 0.2) is 5.78 Å². The number of alkyl halides is 3. The standard InChI is InChI=1S/C23H16F3NO4/c1-30-17-10-6-4-8-14(17)20(28)18-16-12-11-13-7-3-5-9-15(13)27(16)21(23(24,25)26)19(18)22(29)31-2/h3-12H,1-2H3. The first-order valence-electron chi connectivity index (χ1n) is 9.19. The highest BCUT2D eigenvalue weighted by atomic mass is 19.4. The lowest BCUT2D eigenvalue weighted by molar-refractivity contribution is -0.142. The predicted octanol–water partition coefficient (Wildman–Crippen LogP) is 5.14. The monoisotopic (exact) mass is 427 g/mol. The van der Waals surface area contributed by atoms with E-state index in [0.29, 0.717) is 5.39 Å². The van der Waals surface area contributed by atoms with E-state index >= 15 is 0 Å². The number of benzene rings is 2. The fourth-order valence-corrected chi connectivity index (χ4v) is 3.77. The first kappa shape index (κ1) is 20.5. The lowest BCUT2D eigenvalue weighted by Crippen LogP contribution is -2.17. The van der Waals surface area contributed by atoms with E-state index in [2.05, 4.69) is 4.74 Å². The molecule has 8 heteroatoms. The van der Waals surface area contributed by atoms with Crippen LogP contribution in [-0.4, -0.2) is 30.4 Å². The van der Waals surface area contributed by atoms with Gasteiger partial charge >= 0.3 is 12.1 Å². The molecule has 2 aromatic carbocycles. The molecule has 0 bridgehead atoms. The quantitative estimate of drug-likeness (QED) is 0.334. The molecule has 31 heavy (non-hydrogen) atoms. The summed E-state index contributed by atoms with van der Waals surface area (Å²) in [5, 5.41) is 0.517. The maximum Gasteiger partial charge on any atom is 0.432 e. The Bertz CT molecular complexity index is 1340. The van der Waals surface area contributed by atoms with E-state index in [9.17, 15) is 22.8 Å². The minimum atomic E-state index is -4.93. The number of fused-ring (bicyclic) bond motifs is 3. The van der Waals surface area contributed by atoms with E-state index in [1.807, 2.05) is 0 Å². The second kappa shape index (κ2) is 7.46. The topological polar surface area (TPSA) is 57.0 Å². The van der Waals surface area contributed by atoms with Gasteiger partial charge in [-0.1, -0.05) is 36.4 Å². The number of carbonyl (C=O) groups excluding carboxylic acids is 2. The van der Waals surface area contributed by atoms with Crippen molar-refractivity contribution in [3.05, 3.63) is 83.0 Å². The number of hydrogen-bond donors (Lipinski definition) is 0. The zero-order valence-corrected chi connectivity index (χ0v) is 16.5. The van der Waals surface area contributed by atoms with Crippen LogP contribution in [0.1, 0.15) is 32.0 Å². The molecule has 4 rings (SSSR count). The molecule has 0 spiro atoms. The van der Waals surface area contributed by atoms with Crippen molar-refractivity contribution in [1.29, 1.82) is 0 Å². The van der Waals surface area contributed by atoms with Crippen LogP contribution in [0.5, 0.6) is 5.75 Å². The largest absolute Gasteiger partial charge is 0.496 e. The summed E-state index contributed by atoms with van der Waals surface area (Å²) < 4.78 is 53.5. The zero-order valence-electron chi connectivity index (χ0n) is 16.5.